The Kier molecular flexibility index (Phi) is 5.21. The summed E-state index contributed by atoms with van der Waals surface area (Å²) in [6.45, 7) is 3.86. The number of piperazine rings is 1. The Hall–Kier alpha value is -2.98. The van der Waals surface area contributed by atoms with Crippen LogP contribution in [0.2, 0.25) is 0 Å². The van der Waals surface area contributed by atoms with Crippen LogP contribution >= 0.6 is 0 Å². The van der Waals surface area contributed by atoms with Gasteiger partial charge in [0.15, 0.2) is 0 Å². The zero-order valence-corrected chi connectivity index (χ0v) is 13.8. The van der Waals surface area contributed by atoms with Gasteiger partial charge in [0, 0.05) is 44.5 Å². The van der Waals surface area contributed by atoms with Gasteiger partial charge in [0.05, 0.1) is 17.4 Å². The molecule has 0 amide bonds. The van der Waals surface area contributed by atoms with Gasteiger partial charge in [0.1, 0.15) is 0 Å². The monoisotopic (exact) mass is 337 g/mol. The normalized spacial score (nSPS) is 14.9. The minimum atomic E-state index is -0.425. The van der Waals surface area contributed by atoms with Crippen LogP contribution in [0, 0.1) is 21.4 Å². The quantitative estimate of drug-likeness (QED) is 0.615. The third kappa shape index (κ3) is 3.92. The number of benzene rings is 1. The molecule has 1 aromatic heterocycles. The van der Waals surface area contributed by atoms with E-state index in [1.807, 2.05) is 29.2 Å². The van der Waals surface area contributed by atoms with E-state index in [9.17, 15) is 10.1 Å². The van der Waals surface area contributed by atoms with Crippen LogP contribution in [0.3, 0.4) is 0 Å². The van der Waals surface area contributed by atoms with Crippen molar-refractivity contribution in [3.8, 4) is 6.07 Å². The molecule has 1 saturated heterocycles. The molecule has 3 rings (SSSR count). The second-order valence-electron chi connectivity index (χ2n) is 5.98. The van der Waals surface area contributed by atoms with Gasteiger partial charge in [0.2, 0.25) is 5.82 Å². The van der Waals surface area contributed by atoms with E-state index >= 15 is 0 Å². The summed E-state index contributed by atoms with van der Waals surface area (Å²) in [7, 11) is 0. The number of nitrogens with zero attached hydrogens (tertiary/aromatic N) is 5. The van der Waals surface area contributed by atoms with Crippen LogP contribution in [-0.4, -0.2) is 41.0 Å². The number of aromatic nitrogens is 1. The lowest BCUT2D eigenvalue weighted by atomic mass is 10.1. The van der Waals surface area contributed by atoms with Gasteiger partial charge in [-0.25, -0.2) is 4.98 Å². The second-order valence-corrected chi connectivity index (χ2v) is 5.98. The van der Waals surface area contributed by atoms with Gasteiger partial charge in [-0.3, -0.25) is 15.0 Å². The predicted octanol–water partition coefficient (Wildman–Crippen LogP) is 2.38. The van der Waals surface area contributed by atoms with E-state index in [0.717, 1.165) is 19.6 Å². The first-order valence-corrected chi connectivity index (χ1v) is 8.19. The number of rotatable bonds is 5. The van der Waals surface area contributed by atoms with Gasteiger partial charge in [-0.15, -0.1) is 0 Å². The zero-order chi connectivity index (χ0) is 17.6. The van der Waals surface area contributed by atoms with Crippen molar-refractivity contribution in [3.05, 3.63) is 63.8 Å². The standard InChI is InChI=1S/C18H19N5O2/c19-8-6-16-7-9-20-18(17(16)23(24)25)22-12-10-21(11-13-22)14-15-4-2-1-3-5-15/h1-5,7,9H,6,10-14H2. The summed E-state index contributed by atoms with van der Waals surface area (Å²) in [4.78, 5) is 19.6. The maximum atomic E-state index is 11.5. The van der Waals surface area contributed by atoms with Gasteiger partial charge >= 0.3 is 5.69 Å². The first kappa shape index (κ1) is 16.9. The van der Waals surface area contributed by atoms with Crippen molar-refractivity contribution in [2.45, 2.75) is 13.0 Å². The summed E-state index contributed by atoms with van der Waals surface area (Å²) < 4.78 is 0. The lowest BCUT2D eigenvalue weighted by Gasteiger charge is -2.35. The molecule has 1 aliphatic rings. The Balaban J connectivity index is 1.72. The van der Waals surface area contributed by atoms with Crippen LogP contribution in [0.1, 0.15) is 11.1 Å². The highest BCUT2D eigenvalue weighted by Crippen LogP contribution is 2.30. The highest BCUT2D eigenvalue weighted by atomic mass is 16.6. The third-order valence-electron chi connectivity index (χ3n) is 4.36. The first-order chi connectivity index (χ1) is 12.2. The molecule has 1 fully saturated rings. The van der Waals surface area contributed by atoms with E-state index in [-0.39, 0.29) is 12.1 Å². The summed E-state index contributed by atoms with van der Waals surface area (Å²) in [5.41, 5.74) is 1.64. The molecular weight excluding hydrogens is 318 g/mol. The van der Waals surface area contributed by atoms with Crippen LogP contribution in [0.4, 0.5) is 11.5 Å². The van der Waals surface area contributed by atoms with E-state index in [1.165, 1.54) is 5.56 Å². The molecule has 2 heterocycles. The van der Waals surface area contributed by atoms with Gasteiger partial charge in [-0.2, -0.15) is 5.26 Å². The SMILES string of the molecule is N#CCc1ccnc(N2CCN(Cc3ccccc3)CC2)c1[N+](=O)[O-]. The molecule has 1 aromatic carbocycles. The second kappa shape index (κ2) is 7.73. The molecule has 7 nitrogen and oxygen atoms in total. The number of pyridine rings is 1. The highest BCUT2D eigenvalue weighted by Gasteiger charge is 2.27. The Bertz CT molecular complexity index is 780. The summed E-state index contributed by atoms with van der Waals surface area (Å²) in [6, 6.07) is 13.8. The molecule has 0 radical (unpaired) electrons. The number of nitriles is 1. The van der Waals surface area contributed by atoms with Gasteiger partial charge in [-0.05, 0) is 11.6 Å². The summed E-state index contributed by atoms with van der Waals surface area (Å²) in [6.07, 6.45) is 1.56. The molecule has 0 saturated carbocycles. The Morgan fingerprint density at radius 1 is 1.16 bits per heavy atom. The van der Waals surface area contributed by atoms with Gasteiger partial charge in [0.25, 0.3) is 0 Å². The van der Waals surface area contributed by atoms with Crippen molar-refractivity contribution in [1.29, 1.82) is 5.26 Å². The van der Waals surface area contributed by atoms with Crippen LogP contribution in [-0.2, 0) is 13.0 Å². The number of nitro groups is 1. The van der Waals surface area contributed by atoms with Crippen LogP contribution in [0.25, 0.3) is 0 Å². The average Bonchev–Trinajstić information content (AvgIpc) is 2.63. The number of hydrogen-bond acceptors (Lipinski definition) is 6. The molecule has 0 spiro atoms. The van der Waals surface area contributed by atoms with Gasteiger partial charge in [-0.1, -0.05) is 30.3 Å². The fourth-order valence-corrected chi connectivity index (χ4v) is 3.10. The number of hydrogen-bond donors (Lipinski definition) is 0. The lowest BCUT2D eigenvalue weighted by molar-refractivity contribution is -0.385. The fourth-order valence-electron chi connectivity index (χ4n) is 3.10. The van der Waals surface area contributed by atoms with E-state index in [2.05, 4.69) is 22.0 Å². The average molecular weight is 337 g/mol. The van der Waals surface area contributed by atoms with Crippen molar-refractivity contribution < 1.29 is 4.92 Å². The minimum absolute atomic E-state index is 0.0137. The van der Waals surface area contributed by atoms with Crippen molar-refractivity contribution >= 4 is 11.5 Å². The summed E-state index contributed by atoms with van der Waals surface area (Å²) in [5, 5.41) is 20.4. The van der Waals surface area contributed by atoms with Crippen LogP contribution < -0.4 is 4.90 Å². The molecular formula is C18H19N5O2. The van der Waals surface area contributed by atoms with Gasteiger partial charge < -0.3 is 4.90 Å². The smallest absolute Gasteiger partial charge is 0.315 e. The molecule has 0 aliphatic carbocycles. The van der Waals surface area contributed by atoms with Crippen LogP contribution in [0.15, 0.2) is 42.6 Å². The van der Waals surface area contributed by atoms with Crippen LogP contribution in [0.5, 0.6) is 0 Å². The largest absolute Gasteiger partial charge is 0.348 e. The zero-order valence-electron chi connectivity index (χ0n) is 13.8. The highest BCUT2D eigenvalue weighted by molar-refractivity contribution is 5.62. The topological polar surface area (TPSA) is 86.3 Å². The Morgan fingerprint density at radius 2 is 1.88 bits per heavy atom. The molecule has 0 bridgehead atoms. The van der Waals surface area contributed by atoms with E-state index in [1.54, 1.807) is 12.3 Å². The van der Waals surface area contributed by atoms with E-state index in [4.69, 9.17) is 5.26 Å². The summed E-state index contributed by atoms with van der Waals surface area (Å²) in [5.74, 6) is 0.372. The Morgan fingerprint density at radius 3 is 2.52 bits per heavy atom. The predicted molar refractivity (Wildman–Crippen MR) is 94.1 cm³/mol. The van der Waals surface area contributed by atoms with E-state index < -0.39 is 4.92 Å². The first-order valence-electron chi connectivity index (χ1n) is 8.19. The third-order valence-corrected chi connectivity index (χ3v) is 4.36. The molecule has 0 unspecified atom stereocenters. The fraction of sp³-hybridized carbons (Fsp3) is 0.333. The maximum Gasteiger partial charge on any atom is 0.315 e. The lowest BCUT2D eigenvalue weighted by Crippen LogP contribution is -2.46. The molecule has 7 heteroatoms. The van der Waals surface area contributed by atoms with Crippen molar-refractivity contribution in [1.82, 2.24) is 9.88 Å². The van der Waals surface area contributed by atoms with Crippen molar-refractivity contribution in [2.75, 3.05) is 31.1 Å². The molecule has 0 atom stereocenters. The number of anilines is 1. The van der Waals surface area contributed by atoms with Crippen molar-refractivity contribution in [3.63, 3.8) is 0 Å². The summed E-state index contributed by atoms with van der Waals surface area (Å²) >= 11 is 0. The Labute approximate surface area is 146 Å². The van der Waals surface area contributed by atoms with E-state index in [0.29, 0.717) is 24.5 Å². The molecule has 2 aromatic rings. The molecule has 25 heavy (non-hydrogen) atoms. The molecule has 128 valence electrons. The minimum Gasteiger partial charge on any atom is -0.348 e. The maximum absolute atomic E-state index is 11.5. The molecule has 0 N–H and O–H groups in total. The van der Waals surface area contributed by atoms with Crippen molar-refractivity contribution in [2.24, 2.45) is 0 Å². The molecule has 1 aliphatic heterocycles.